The maximum absolute atomic E-state index is 11.6. The molecule has 3 aliphatic heterocycles. The molecule has 4 aromatic carbocycles. The molecule has 3 heterocycles. The number of fused-ring (bicyclic) bond motifs is 1. The summed E-state index contributed by atoms with van der Waals surface area (Å²) in [6.07, 6.45) is -8.95. The summed E-state index contributed by atoms with van der Waals surface area (Å²) in [6, 6.07) is 25.3. The molecule has 17 heteroatoms. The molecule has 3 saturated heterocycles. The number of rotatable bonds is 19. The van der Waals surface area contributed by atoms with Crippen LogP contribution in [0.2, 0.25) is 0 Å². The SMILES string of the molecule is CC1(Oc2ccc(CCCCCCc3ccc(O[C@H]4O[C@H](CO)[C@@H](O)[C@H](O)[C@@H]4O)c(-c4cccc(CC(=O)O)c4)c3)cc2-c2cccc(CC(=O)O)c2)O[C@@H]2O[C@H](CO)[C@@H](O)[C@H](O)[C@@H]2O1. The Morgan fingerprint density at radius 3 is 1.66 bits per heavy atom. The van der Waals surface area contributed by atoms with Crippen LogP contribution in [0.3, 0.4) is 0 Å². The van der Waals surface area contributed by atoms with Crippen LogP contribution in [0.1, 0.15) is 54.9 Å². The van der Waals surface area contributed by atoms with Gasteiger partial charge in [-0.15, -0.1) is 0 Å². The third kappa shape index (κ3) is 11.5. The van der Waals surface area contributed by atoms with Crippen molar-refractivity contribution in [1.29, 1.82) is 0 Å². The van der Waals surface area contributed by atoms with Crippen molar-refractivity contribution in [2.24, 2.45) is 0 Å². The van der Waals surface area contributed by atoms with E-state index < -0.39 is 92.5 Å². The first-order chi connectivity index (χ1) is 31.1. The van der Waals surface area contributed by atoms with Crippen LogP contribution in [0, 0.1) is 0 Å². The molecule has 0 bridgehead atoms. The molecule has 0 saturated carbocycles. The van der Waals surface area contributed by atoms with Gasteiger partial charge in [0.1, 0.15) is 60.3 Å². The molecule has 0 aliphatic carbocycles. The molecule has 0 amide bonds. The summed E-state index contributed by atoms with van der Waals surface area (Å²) in [7, 11) is 0. The second kappa shape index (κ2) is 21.1. The fraction of sp³-hybridized carbons (Fsp3) is 0.458. The first-order valence-corrected chi connectivity index (χ1v) is 21.7. The van der Waals surface area contributed by atoms with Gasteiger partial charge in [-0.3, -0.25) is 14.3 Å². The Morgan fingerprint density at radius 1 is 0.585 bits per heavy atom. The number of hydrogen-bond donors (Lipinski definition) is 9. The standard InChI is InChI=1S/C48H56O17/c1-48(64-45-43(58)41(56)37(25-50)62-47(45)65-48)63-35-17-15-27(21-33(35)31-13-7-11-29(19-31)23-39(53)54)9-5-3-2-4-8-26-14-16-34(60-46-44(59)42(57)40(55)36(24-49)61-46)32(20-26)30-12-6-10-28(18-30)22-38(51)52/h6-7,10-21,36-37,40-47,49-50,55-59H,2-5,8-9,22-25H2,1H3,(H,51,52)(H,53,54)/t36-,37-,40-,41-,42+,43+,44+,45+,46+,47+,48?/m1/s1. The van der Waals surface area contributed by atoms with Crippen LogP contribution in [0.4, 0.5) is 0 Å². The molecule has 4 aromatic rings. The molecule has 17 nitrogen and oxygen atoms in total. The van der Waals surface area contributed by atoms with E-state index in [1.54, 1.807) is 48.5 Å². The second-order valence-electron chi connectivity index (χ2n) is 16.8. The summed E-state index contributed by atoms with van der Waals surface area (Å²) in [4.78, 5) is 23.1. The lowest BCUT2D eigenvalue weighted by Gasteiger charge is -2.39. The third-order valence-electron chi connectivity index (χ3n) is 11.8. The van der Waals surface area contributed by atoms with Crippen LogP contribution in [-0.4, -0.2) is 138 Å². The van der Waals surface area contributed by atoms with E-state index in [1.807, 2.05) is 36.4 Å². The van der Waals surface area contributed by atoms with Gasteiger partial charge in [0.05, 0.1) is 26.1 Å². The van der Waals surface area contributed by atoms with Crippen molar-refractivity contribution in [3.63, 3.8) is 0 Å². The number of aliphatic hydroxyl groups excluding tert-OH is 7. The summed E-state index contributed by atoms with van der Waals surface area (Å²) in [5.41, 5.74) is 5.74. The third-order valence-corrected chi connectivity index (χ3v) is 11.8. The maximum Gasteiger partial charge on any atom is 0.326 e. The number of aliphatic hydroxyl groups is 7. The highest BCUT2D eigenvalue weighted by Crippen LogP contribution is 2.41. The predicted octanol–water partition coefficient (Wildman–Crippen LogP) is 2.71. The Kier molecular flexibility index (Phi) is 15.5. The zero-order valence-corrected chi connectivity index (χ0v) is 35.7. The summed E-state index contributed by atoms with van der Waals surface area (Å²) in [6.45, 7) is 0.351. The number of aliphatic carboxylic acids is 2. The van der Waals surface area contributed by atoms with Gasteiger partial charge >= 0.3 is 17.9 Å². The largest absolute Gasteiger partial charge is 0.481 e. The Hall–Kier alpha value is -5.02. The summed E-state index contributed by atoms with van der Waals surface area (Å²) >= 11 is 0. The van der Waals surface area contributed by atoms with Crippen LogP contribution < -0.4 is 9.47 Å². The van der Waals surface area contributed by atoms with E-state index in [4.69, 9.17) is 28.4 Å². The molecule has 3 fully saturated rings. The zero-order valence-electron chi connectivity index (χ0n) is 35.7. The highest BCUT2D eigenvalue weighted by atomic mass is 16.9. The lowest BCUT2D eigenvalue weighted by molar-refractivity contribution is -0.306. The number of carboxylic acid groups (broad SMARTS) is 2. The van der Waals surface area contributed by atoms with Gasteiger partial charge in [0, 0.05) is 18.1 Å². The monoisotopic (exact) mass is 904 g/mol. The van der Waals surface area contributed by atoms with Crippen LogP contribution in [0.25, 0.3) is 22.3 Å². The van der Waals surface area contributed by atoms with Crippen molar-refractivity contribution >= 4 is 11.9 Å². The fourth-order valence-electron chi connectivity index (χ4n) is 8.47. The van der Waals surface area contributed by atoms with Crippen molar-refractivity contribution < 1.29 is 84.0 Å². The molecule has 9 N–H and O–H groups in total. The summed E-state index contributed by atoms with van der Waals surface area (Å²) in [5, 5.41) is 90.6. The summed E-state index contributed by atoms with van der Waals surface area (Å²) in [5.74, 6) is -3.07. The van der Waals surface area contributed by atoms with Crippen LogP contribution in [0.15, 0.2) is 84.9 Å². The van der Waals surface area contributed by atoms with Gasteiger partial charge in [0.25, 0.3) is 0 Å². The molecule has 7 rings (SSSR count). The van der Waals surface area contributed by atoms with E-state index in [0.29, 0.717) is 45.6 Å². The quantitative estimate of drug-likeness (QED) is 0.0612. The molecular weight excluding hydrogens is 849 g/mol. The Morgan fingerprint density at radius 2 is 1.11 bits per heavy atom. The molecule has 3 aliphatic rings. The van der Waals surface area contributed by atoms with Gasteiger partial charge < -0.3 is 69.6 Å². The van der Waals surface area contributed by atoms with Gasteiger partial charge in [-0.05, 0) is 83.3 Å². The molecule has 0 radical (unpaired) electrons. The van der Waals surface area contributed by atoms with Crippen molar-refractivity contribution in [1.82, 2.24) is 0 Å². The van der Waals surface area contributed by atoms with Gasteiger partial charge in [-0.2, -0.15) is 0 Å². The van der Waals surface area contributed by atoms with Crippen molar-refractivity contribution in [2.45, 2.75) is 126 Å². The van der Waals surface area contributed by atoms with Gasteiger partial charge in [-0.25, -0.2) is 0 Å². The number of hydrogen-bond acceptors (Lipinski definition) is 15. The number of carboxylic acids is 2. The van der Waals surface area contributed by atoms with Crippen molar-refractivity contribution in [3.05, 3.63) is 107 Å². The highest BCUT2D eigenvalue weighted by molar-refractivity contribution is 5.76. The van der Waals surface area contributed by atoms with Gasteiger partial charge in [0.15, 0.2) is 6.29 Å². The minimum Gasteiger partial charge on any atom is -0.481 e. The number of unbranched alkanes of at least 4 members (excludes halogenated alkanes) is 3. The van der Waals surface area contributed by atoms with Crippen LogP contribution >= 0.6 is 0 Å². The predicted molar refractivity (Wildman–Crippen MR) is 229 cm³/mol. The van der Waals surface area contributed by atoms with E-state index in [0.717, 1.165) is 43.2 Å². The van der Waals surface area contributed by atoms with Crippen molar-refractivity contribution in [2.75, 3.05) is 13.2 Å². The van der Waals surface area contributed by atoms with E-state index in [9.17, 15) is 55.5 Å². The minimum absolute atomic E-state index is 0.179. The molecule has 1 unspecified atom stereocenters. The topological polar surface area (TPSA) is 272 Å². The van der Waals surface area contributed by atoms with E-state index in [1.165, 1.54) is 6.92 Å². The molecule has 0 spiro atoms. The maximum atomic E-state index is 11.6. The lowest BCUT2D eigenvalue weighted by Crippen LogP contribution is -2.60. The van der Waals surface area contributed by atoms with Crippen LogP contribution in [-0.2, 0) is 54.2 Å². The molecular formula is C48H56O17. The van der Waals surface area contributed by atoms with Gasteiger partial charge in [0.2, 0.25) is 6.29 Å². The number of ether oxygens (including phenoxy) is 6. The number of aryl methyl sites for hydroxylation is 2. The number of carbonyl (C=O) groups is 2. The first-order valence-electron chi connectivity index (χ1n) is 21.7. The van der Waals surface area contributed by atoms with Gasteiger partial charge in [-0.1, -0.05) is 73.5 Å². The summed E-state index contributed by atoms with van der Waals surface area (Å²) < 4.78 is 35.6. The normalized spacial score (nSPS) is 28.7. The minimum atomic E-state index is -1.75. The molecule has 0 aromatic heterocycles. The lowest BCUT2D eigenvalue weighted by atomic mass is 9.96. The molecule has 350 valence electrons. The van der Waals surface area contributed by atoms with E-state index >= 15 is 0 Å². The van der Waals surface area contributed by atoms with Crippen molar-refractivity contribution in [3.8, 4) is 33.8 Å². The molecule has 65 heavy (non-hydrogen) atoms. The fourth-order valence-corrected chi connectivity index (χ4v) is 8.47. The Balaban J connectivity index is 1.02. The second-order valence-corrected chi connectivity index (χ2v) is 16.8. The Bertz CT molecular complexity index is 2270. The highest BCUT2D eigenvalue weighted by Gasteiger charge is 2.57. The number of benzene rings is 4. The molecule has 11 atom stereocenters. The average molecular weight is 905 g/mol. The van der Waals surface area contributed by atoms with Crippen LogP contribution in [0.5, 0.6) is 11.5 Å². The average Bonchev–Trinajstić information content (AvgIpc) is 3.62. The Labute approximate surface area is 374 Å². The first kappa shape index (κ1) is 47.9. The van der Waals surface area contributed by atoms with E-state index in [2.05, 4.69) is 0 Å². The smallest absolute Gasteiger partial charge is 0.326 e. The van der Waals surface area contributed by atoms with E-state index in [-0.39, 0.29) is 18.6 Å². The zero-order chi connectivity index (χ0) is 46.4.